The third-order valence-electron chi connectivity index (χ3n) is 2.12. The van der Waals surface area contributed by atoms with Crippen molar-refractivity contribution in [2.45, 2.75) is 19.8 Å². The zero-order chi connectivity index (χ0) is 12.3. The molecule has 3 nitrogen and oxygen atoms in total. The van der Waals surface area contributed by atoms with Crippen molar-refractivity contribution in [2.24, 2.45) is 0 Å². The molecule has 16 heavy (non-hydrogen) atoms. The lowest BCUT2D eigenvalue weighted by atomic mass is 10.1. The van der Waals surface area contributed by atoms with E-state index < -0.39 is 23.9 Å². The highest BCUT2D eigenvalue weighted by molar-refractivity contribution is 5.72. The van der Waals surface area contributed by atoms with Crippen molar-refractivity contribution in [3.8, 4) is 0 Å². The zero-order valence-corrected chi connectivity index (χ0v) is 8.76. The Morgan fingerprint density at radius 1 is 1.56 bits per heavy atom. The van der Waals surface area contributed by atoms with Crippen LogP contribution in [0.4, 0.5) is 13.2 Å². The third kappa shape index (κ3) is 2.50. The van der Waals surface area contributed by atoms with Gasteiger partial charge in [-0.05, 0) is 6.92 Å². The van der Waals surface area contributed by atoms with Crippen molar-refractivity contribution in [1.82, 2.24) is 4.98 Å². The van der Waals surface area contributed by atoms with Gasteiger partial charge in [-0.2, -0.15) is 0 Å². The Balaban J connectivity index is 3.07. The molecule has 1 aromatic heterocycles. The minimum atomic E-state index is -2.83. The number of rotatable bonds is 3. The van der Waals surface area contributed by atoms with Crippen molar-refractivity contribution in [3.05, 3.63) is 28.8 Å². The van der Waals surface area contributed by atoms with Gasteiger partial charge in [0.2, 0.25) is 0 Å². The lowest BCUT2D eigenvalue weighted by Crippen LogP contribution is -2.09. The van der Waals surface area contributed by atoms with Crippen molar-refractivity contribution in [1.29, 1.82) is 0 Å². The van der Waals surface area contributed by atoms with Crippen molar-refractivity contribution >= 4 is 5.97 Å². The second-order valence-corrected chi connectivity index (χ2v) is 3.16. The number of ether oxygens (including phenoxy) is 1. The van der Waals surface area contributed by atoms with Gasteiger partial charge in [-0.15, -0.1) is 0 Å². The summed E-state index contributed by atoms with van der Waals surface area (Å²) in [6.07, 6.45) is -2.22. The molecular formula is C10H10F3NO2. The van der Waals surface area contributed by atoms with E-state index in [-0.39, 0.29) is 17.5 Å². The molecule has 0 atom stereocenters. The number of nitrogens with zero attached hydrogens (tertiary/aromatic N) is 1. The number of esters is 1. The Labute approximate surface area is 90.2 Å². The highest BCUT2D eigenvalue weighted by atomic mass is 19.3. The van der Waals surface area contributed by atoms with Crippen LogP contribution in [0.3, 0.4) is 0 Å². The van der Waals surface area contributed by atoms with E-state index in [0.717, 1.165) is 13.3 Å². The number of aromatic nitrogens is 1. The summed E-state index contributed by atoms with van der Waals surface area (Å²) in [6, 6.07) is 0. The van der Waals surface area contributed by atoms with Gasteiger partial charge in [0, 0.05) is 17.3 Å². The van der Waals surface area contributed by atoms with Crippen LogP contribution in [0.1, 0.15) is 23.2 Å². The summed E-state index contributed by atoms with van der Waals surface area (Å²) < 4.78 is 42.6. The van der Waals surface area contributed by atoms with E-state index in [1.807, 2.05) is 0 Å². The summed E-state index contributed by atoms with van der Waals surface area (Å²) in [5.41, 5.74) is -0.892. The number of hydrogen-bond acceptors (Lipinski definition) is 3. The number of pyridine rings is 1. The molecule has 0 fully saturated rings. The topological polar surface area (TPSA) is 39.2 Å². The first-order chi connectivity index (χ1) is 7.47. The monoisotopic (exact) mass is 233 g/mol. The molecule has 0 saturated carbocycles. The lowest BCUT2D eigenvalue weighted by molar-refractivity contribution is -0.139. The molecule has 1 heterocycles. The second kappa shape index (κ2) is 4.96. The molecule has 0 aromatic carbocycles. The first-order valence-corrected chi connectivity index (χ1v) is 4.46. The van der Waals surface area contributed by atoms with E-state index >= 15 is 0 Å². The van der Waals surface area contributed by atoms with Crippen LogP contribution in [0.25, 0.3) is 0 Å². The van der Waals surface area contributed by atoms with Crippen molar-refractivity contribution < 1.29 is 22.7 Å². The molecular weight excluding hydrogens is 223 g/mol. The van der Waals surface area contributed by atoms with Crippen LogP contribution < -0.4 is 0 Å². The molecule has 0 aliphatic rings. The molecule has 0 bridgehead atoms. The minimum absolute atomic E-state index is 0.0475. The van der Waals surface area contributed by atoms with Gasteiger partial charge in [0.05, 0.1) is 13.5 Å². The van der Waals surface area contributed by atoms with Crippen LogP contribution in [0, 0.1) is 12.7 Å². The van der Waals surface area contributed by atoms with E-state index in [9.17, 15) is 18.0 Å². The van der Waals surface area contributed by atoms with E-state index in [2.05, 4.69) is 9.72 Å². The smallest absolute Gasteiger partial charge is 0.310 e. The number of methoxy groups -OCH3 is 1. The number of halogens is 3. The summed E-state index contributed by atoms with van der Waals surface area (Å²) in [5.74, 6) is -1.49. The molecule has 0 radical (unpaired) electrons. The molecule has 1 rings (SSSR count). The molecule has 0 spiro atoms. The third-order valence-corrected chi connectivity index (χ3v) is 2.12. The average Bonchev–Trinajstić information content (AvgIpc) is 2.24. The standard InChI is InChI=1S/C10H10F3NO2/c1-5-8(11)6(3-7(15)16-2)4-14-9(5)10(12)13/h4,10H,3H2,1-2H3. The van der Waals surface area contributed by atoms with Gasteiger partial charge >= 0.3 is 5.97 Å². The predicted octanol–water partition coefficient (Wildman–Crippen LogP) is 2.18. The Morgan fingerprint density at radius 3 is 2.69 bits per heavy atom. The molecule has 1 aromatic rings. The minimum Gasteiger partial charge on any atom is -0.469 e. The van der Waals surface area contributed by atoms with Crippen LogP contribution in [0.5, 0.6) is 0 Å². The van der Waals surface area contributed by atoms with Crippen LogP contribution in [-0.4, -0.2) is 18.1 Å². The van der Waals surface area contributed by atoms with E-state index in [1.165, 1.54) is 6.92 Å². The number of carbonyl (C=O) groups is 1. The fourth-order valence-corrected chi connectivity index (χ4v) is 1.23. The largest absolute Gasteiger partial charge is 0.469 e. The summed E-state index contributed by atoms with van der Waals surface area (Å²) in [4.78, 5) is 14.3. The summed E-state index contributed by atoms with van der Waals surface area (Å²) in [5, 5.41) is 0. The highest BCUT2D eigenvalue weighted by Gasteiger charge is 2.19. The second-order valence-electron chi connectivity index (χ2n) is 3.16. The summed E-state index contributed by atoms with van der Waals surface area (Å²) in [6.45, 7) is 1.20. The van der Waals surface area contributed by atoms with Gasteiger partial charge in [-0.25, -0.2) is 13.2 Å². The first-order valence-electron chi connectivity index (χ1n) is 4.46. The van der Waals surface area contributed by atoms with Crippen LogP contribution in [0.2, 0.25) is 0 Å². The van der Waals surface area contributed by atoms with Crippen LogP contribution >= 0.6 is 0 Å². The Hall–Kier alpha value is -1.59. The molecule has 0 unspecified atom stereocenters. The Morgan fingerprint density at radius 2 is 2.19 bits per heavy atom. The maximum Gasteiger partial charge on any atom is 0.310 e. The normalized spacial score (nSPS) is 10.6. The van der Waals surface area contributed by atoms with Gasteiger partial charge in [0.15, 0.2) is 0 Å². The van der Waals surface area contributed by atoms with Gasteiger partial charge in [0.1, 0.15) is 11.5 Å². The Bertz CT molecular complexity index is 407. The maximum atomic E-state index is 13.5. The zero-order valence-electron chi connectivity index (χ0n) is 8.76. The van der Waals surface area contributed by atoms with Gasteiger partial charge in [-0.1, -0.05) is 0 Å². The van der Waals surface area contributed by atoms with Gasteiger partial charge in [-0.3, -0.25) is 9.78 Å². The van der Waals surface area contributed by atoms with E-state index in [4.69, 9.17) is 0 Å². The molecule has 0 aliphatic carbocycles. The van der Waals surface area contributed by atoms with Crippen LogP contribution in [-0.2, 0) is 16.0 Å². The van der Waals surface area contributed by atoms with Gasteiger partial charge < -0.3 is 4.74 Å². The van der Waals surface area contributed by atoms with Gasteiger partial charge in [0.25, 0.3) is 6.43 Å². The molecule has 6 heteroatoms. The Kier molecular flexibility index (Phi) is 3.87. The maximum absolute atomic E-state index is 13.5. The summed E-state index contributed by atoms with van der Waals surface area (Å²) >= 11 is 0. The van der Waals surface area contributed by atoms with E-state index in [1.54, 1.807) is 0 Å². The number of alkyl halides is 2. The van der Waals surface area contributed by atoms with Crippen molar-refractivity contribution in [2.75, 3.05) is 7.11 Å². The number of carbonyl (C=O) groups excluding carboxylic acids is 1. The van der Waals surface area contributed by atoms with Crippen LogP contribution in [0.15, 0.2) is 6.20 Å². The molecule has 0 aliphatic heterocycles. The number of hydrogen-bond donors (Lipinski definition) is 0. The fraction of sp³-hybridized carbons (Fsp3) is 0.400. The molecule has 0 N–H and O–H groups in total. The lowest BCUT2D eigenvalue weighted by Gasteiger charge is -2.08. The average molecular weight is 233 g/mol. The predicted molar refractivity (Wildman–Crippen MR) is 49.6 cm³/mol. The molecule has 0 amide bonds. The van der Waals surface area contributed by atoms with E-state index in [0.29, 0.717) is 0 Å². The molecule has 0 saturated heterocycles. The highest BCUT2D eigenvalue weighted by Crippen LogP contribution is 2.23. The van der Waals surface area contributed by atoms with Crippen molar-refractivity contribution in [3.63, 3.8) is 0 Å². The summed E-state index contributed by atoms with van der Waals surface area (Å²) in [7, 11) is 1.16. The fourth-order valence-electron chi connectivity index (χ4n) is 1.23. The SMILES string of the molecule is COC(=O)Cc1cnc(C(F)F)c(C)c1F. The molecule has 88 valence electrons. The quantitative estimate of drug-likeness (QED) is 0.751. The first kappa shape index (κ1) is 12.5.